The van der Waals surface area contributed by atoms with E-state index in [4.69, 9.17) is 5.11 Å². The number of nitrogens with one attached hydrogen (secondary N) is 1. The molecule has 0 spiro atoms. The average molecular weight is 211 g/mol. The molecule has 5 nitrogen and oxygen atoms in total. The molecular formula is C10H17N3O2. The molecule has 0 saturated heterocycles. The zero-order valence-corrected chi connectivity index (χ0v) is 9.32. The van der Waals surface area contributed by atoms with Crippen molar-refractivity contribution >= 4 is 5.97 Å². The van der Waals surface area contributed by atoms with Gasteiger partial charge >= 0.3 is 5.97 Å². The van der Waals surface area contributed by atoms with Crippen molar-refractivity contribution in [3.05, 3.63) is 17.5 Å². The topological polar surface area (TPSA) is 67.2 Å². The average Bonchev–Trinajstić information content (AvgIpc) is 2.48. The van der Waals surface area contributed by atoms with Crippen molar-refractivity contribution in [3.63, 3.8) is 0 Å². The highest BCUT2D eigenvalue weighted by molar-refractivity contribution is 5.66. The lowest BCUT2D eigenvalue weighted by atomic mass is 10.1. The van der Waals surface area contributed by atoms with Gasteiger partial charge in [-0.25, -0.2) is 0 Å². The lowest BCUT2D eigenvalue weighted by molar-refractivity contribution is -0.137. The lowest BCUT2D eigenvalue weighted by Gasteiger charge is -2.11. The minimum absolute atomic E-state index is 0.0787. The molecule has 5 heteroatoms. The van der Waals surface area contributed by atoms with E-state index in [0.717, 1.165) is 17.8 Å². The molecule has 1 heterocycles. The highest BCUT2D eigenvalue weighted by atomic mass is 16.4. The Kier molecular flexibility index (Phi) is 3.85. The summed E-state index contributed by atoms with van der Waals surface area (Å²) in [5.74, 6) is -0.871. The number of hydrogen-bond acceptors (Lipinski definition) is 3. The van der Waals surface area contributed by atoms with Crippen LogP contribution in [0.2, 0.25) is 0 Å². The summed E-state index contributed by atoms with van der Waals surface area (Å²) in [6, 6.07) is 0.206. The van der Waals surface area contributed by atoms with Crippen molar-refractivity contribution in [2.75, 3.05) is 6.54 Å². The largest absolute Gasteiger partial charge is 0.480 e. The van der Waals surface area contributed by atoms with Gasteiger partial charge in [0.05, 0.1) is 6.20 Å². The number of carbonyl (C=O) groups is 1. The summed E-state index contributed by atoms with van der Waals surface area (Å²) in [7, 11) is 0. The Balaban J connectivity index is 2.83. The van der Waals surface area contributed by atoms with E-state index in [1.807, 2.05) is 20.8 Å². The van der Waals surface area contributed by atoms with Crippen LogP contribution in [0.5, 0.6) is 0 Å². The smallest absolute Gasteiger partial charge is 0.325 e. The summed E-state index contributed by atoms with van der Waals surface area (Å²) in [4.78, 5) is 10.5. The normalized spacial score (nSPS) is 12.7. The Bertz CT molecular complexity index is 346. The quantitative estimate of drug-likeness (QED) is 0.760. The molecule has 1 aromatic rings. The van der Waals surface area contributed by atoms with Gasteiger partial charge in [-0.1, -0.05) is 6.92 Å². The molecule has 0 radical (unpaired) electrons. The highest BCUT2D eigenvalue weighted by Gasteiger charge is 2.13. The fraction of sp³-hybridized carbons (Fsp3) is 0.600. The molecule has 1 atom stereocenters. The molecule has 0 aliphatic heterocycles. The summed E-state index contributed by atoms with van der Waals surface area (Å²) < 4.78 is 1.51. The van der Waals surface area contributed by atoms with E-state index < -0.39 is 5.97 Å². The number of carboxylic acids is 1. The molecular weight excluding hydrogens is 194 g/mol. The molecule has 2 N–H and O–H groups in total. The van der Waals surface area contributed by atoms with E-state index >= 15 is 0 Å². The van der Waals surface area contributed by atoms with Crippen LogP contribution in [0.1, 0.15) is 31.1 Å². The van der Waals surface area contributed by atoms with Gasteiger partial charge in [-0.05, 0) is 20.4 Å². The zero-order chi connectivity index (χ0) is 11.4. The van der Waals surface area contributed by atoms with Gasteiger partial charge in [-0.3, -0.25) is 9.48 Å². The summed E-state index contributed by atoms with van der Waals surface area (Å²) in [6.45, 7) is 6.76. The second kappa shape index (κ2) is 4.93. The molecule has 84 valence electrons. The van der Waals surface area contributed by atoms with E-state index in [2.05, 4.69) is 10.4 Å². The van der Waals surface area contributed by atoms with Gasteiger partial charge in [-0.2, -0.15) is 5.10 Å². The maximum atomic E-state index is 10.5. The molecule has 0 aliphatic rings. The van der Waals surface area contributed by atoms with Crippen molar-refractivity contribution in [1.29, 1.82) is 0 Å². The molecule has 0 saturated carbocycles. The van der Waals surface area contributed by atoms with Crippen LogP contribution in [0.4, 0.5) is 0 Å². The van der Waals surface area contributed by atoms with Crippen LogP contribution in [0.3, 0.4) is 0 Å². The lowest BCUT2D eigenvalue weighted by Crippen LogP contribution is -2.18. The number of aromatic nitrogens is 2. The van der Waals surface area contributed by atoms with Crippen LogP contribution in [0, 0.1) is 6.92 Å². The third-order valence-corrected chi connectivity index (χ3v) is 2.40. The Hall–Kier alpha value is -1.36. The fourth-order valence-corrected chi connectivity index (χ4v) is 1.59. The number of aliphatic carboxylic acids is 1. The van der Waals surface area contributed by atoms with E-state index in [9.17, 15) is 4.79 Å². The molecule has 1 aromatic heterocycles. The van der Waals surface area contributed by atoms with Crippen molar-refractivity contribution in [2.45, 2.75) is 33.4 Å². The minimum atomic E-state index is -0.871. The Morgan fingerprint density at radius 3 is 2.93 bits per heavy atom. The molecule has 0 aromatic carbocycles. The third kappa shape index (κ3) is 2.79. The zero-order valence-electron chi connectivity index (χ0n) is 9.32. The summed E-state index contributed by atoms with van der Waals surface area (Å²) in [6.07, 6.45) is 1.73. The van der Waals surface area contributed by atoms with Crippen molar-refractivity contribution in [1.82, 2.24) is 15.1 Å². The molecule has 0 aliphatic carbocycles. The first-order valence-electron chi connectivity index (χ1n) is 5.03. The maximum absolute atomic E-state index is 10.5. The van der Waals surface area contributed by atoms with Gasteiger partial charge in [0.15, 0.2) is 0 Å². The van der Waals surface area contributed by atoms with Gasteiger partial charge in [-0.15, -0.1) is 0 Å². The summed E-state index contributed by atoms with van der Waals surface area (Å²) in [5, 5.41) is 16.0. The number of nitrogens with zero attached hydrogens (tertiary/aromatic N) is 2. The van der Waals surface area contributed by atoms with E-state index in [-0.39, 0.29) is 12.6 Å². The Labute approximate surface area is 89.1 Å². The van der Waals surface area contributed by atoms with Crippen LogP contribution >= 0.6 is 0 Å². The van der Waals surface area contributed by atoms with E-state index in [1.54, 1.807) is 6.20 Å². The van der Waals surface area contributed by atoms with E-state index in [0.29, 0.717) is 0 Å². The number of hydrogen-bond donors (Lipinski definition) is 2. The Morgan fingerprint density at radius 1 is 1.73 bits per heavy atom. The second-order valence-corrected chi connectivity index (χ2v) is 3.52. The summed E-state index contributed by atoms with van der Waals surface area (Å²) >= 11 is 0. The van der Waals surface area contributed by atoms with Crippen LogP contribution in [0.15, 0.2) is 6.20 Å². The SMILES string of the molecule is CCNC(C)c1cnn(CC(=O)O)c1C. The third-order valence-electron chi connectivity index (χ3n) is 2.40. The van der Waals surface area contributed by atoms with Crippen molar-refractivity contribution in [2.24, 2.45) is 0 Å². The van der Waals surface area contributed by atoms with Crippen molar-refractivity contribution in [3.8, 4) is 0 Å². The monoisotopic (exact) mass is 211 g/mol. The number of carboxylic acid groups (broad SMARTS) is 1. The molecule has 0 amide bonds. The van der Waals surface area contributed by atoms with Gasteiger partial charge < -0.3 is 10.4 Å². The first-order valence-corrected chi connectivity index (χ1v) is 5.03. The predicted octanol–water partition coefficient (Wildman–Crippen LogP) is 0.947. The predicted molar refractivity (Wildman–Crippen MR) is 56.7 cm³/mol. The molecule has 15 heavy (non-hydrogen) atoms. The number of rotatable bonds is 5. The van der Waals surface area contributed by atoms with Gasteiger partial charge in [0, 0.05) is 17.3 Å². The van der Waals surface area contributed by atoms with Crippen LogP contribution in [-0.4, -0.2) is 27.4 Å². The highest BCUT2D eigenvalue weighted by Crippen LogP contribution is 2.16. The van der Waals surface area contributed by atoms with Crippen LogP contribution in [-0.2, 0) is 11.3 Å². The van der Waals surface area contributed by atoms with Crippen LogP contribution in [0.25, 0.3) is 0 Å². The van der Waals surface area contributed by atoms with Gasteiger partial charge in [0.25, 0.3) is 0 Å². The van der Waals surface area contributed by atoms with Crippen LogP contribution < -0.4 is 5.32 Å². The molecule has 0 fully saturated rings. The van der Waals surface area contributed by atoms with Gasteiger partial charge in [0.2, 0.25) is 0 Å². The maximum Gasteiger partial charge on any atom is 0.325 e. The van der Waals surface area contributed by atoms with Gasteiger partial charge in [0.1, 0.15) is 6.54 Å². The van der Waals surface area contributed by atoms with Crippen molar-refractivity contribution < 1.29 is 9.90 Å². The standard InChI is InChI=1S/C10H17N3O2/c1-4-11-7(2)9-5-12-13(8(9)3)6-10(14)15/h5,7,11H,4,6H2,1-3H3,(H,14,15). The first kappa shape index (κ1) is 11.7. The molecule has 0 bridgehead atoms. The van der Waals surface area contributed by atoms with E-state index in [1.165, 1.54) is 4.68 Å². The minimum Gasteiger partial charge on any atom is -0.480 e. The first-order chi connectivity index (χ1) is 7.06. The fourth-order valence-electron chi connectivity index (χ4n) is 1.59. The molecule has 1 rings (SSSR count). The second-order valence-electron chi connectivity index (χ2n) is 3.52. The summed E-state index contributed by atoms with van der Waals surface area (Å²) in [5.41, 5.74) is 1.96. The Morgan fingerprint density at radius 2 is 2.40 bits per heavy atom. The molecule has 1 unspecified atom stereocenters.